The van der Waals surface area contributed by atoms with E-state index in [4.69, 9.17) is 21.1 Å². The highest BCUT2D eigenvalue weighted by Gasteiger charge is 2.20. The van der Waals surface area contributed by atoms with Crippen LogP contribution in [0.5, 0.6) is 11.5 Å². The molecule has 0 aromatic heterocycles. The van der Waals surface area contributed by atoms with E-state index in [2.05, 4.69) is 15.9 Å². The summed E-state index contributed by atoms with van der Waals surface area (Å²) in [4.78, 5) is 4.59. The summed E-state index contributed by atoms with van der Waals surface area (Å²) in [7, 11) is 1.62. The molecule has 0 spiro atoms. The molecule has 27 heavy (non-hydrogen) atoms. The SMILES string of the molecule is COc1cccc(OCC(O)CN2CCN(c3cccc(Cl)c3)CC2)c1.Cl. The lowest BCUT2D eigenvalue weighted by atomic mass is 10.2. The molecule has 3 rings (SSSR count). The van der Waals surface area contributed by atoms with Crippen LogP contribution in [0.2, 0.25) is 5.02 Å². The number of aliphatic hydroxyl groups is 1. The second kappa shape index (κ2) is 10.6. The average Bonchev–Trinajstić information content (AvgIpc) is 2.67. The molecular weight excluding hydrogens is 387 g/mol. The van der Waals surface area contributed by atoms with E-state index in [1.807, 2.05) is 42.5 Å². The van der Waals surface area contributed by atoms with Crippen LogP contribution >= 0.6 is 24.0 Å². The molecule has 7 heteroatoms. The maximum atomic E-state index is 10.3. The molecule has 1 aliphatic heterocycles. The summed E-state index contributed by atoms with van der Waals surface area (Å²) in [6.07, 6.45) is -0.529. The van der Waals surface area contributed by atoms with Crippen molar-refractivity contribution in [3.05, 3.63) is 53.6 Å². The number of halogens is 2. The quantitative estimate of drug-likeness (QED) is 0.755. The molecule has 0 amide bonds. The third-order valence-corrected chi connectivity index (χ3v) is 4.73. The highest BCUT2D eigenvalue weighted by atomic mass is 35.5. The first-order valence-corrected chi connectivity index (χ1v) is 9.19. The number of hydrogen-bond acceptors (Lipinski definition) is 5. The molecule has 1 fully saturated rings. The lowest BCUT2D eigenvalue weighted by Crippen LogP contribution is -2.49. The molecule has 1 aliphatic rings. The highest BCUT2D eigenvalue weighted by Crippen LogP contribution is 2.21. The molecule has 0 radical (unpaired) electrons. The third-order valence-electron chi connectivity index (χ3n) is 4.50. The molecule has 0 bridgehead atoms. The lowest BCUT2D eigenvalue weighted by Gasteiger charge is -2.36. The monoisotopic (exact) mass is 412 g/mol. The minimum atomic E-state index is -0.529. The standard InChI is InChI=1S/C20H25ClN2O3.ClH/c1-25-19-6-3-7-20(13-19)26-15-18(24)14-22-8-10-23(11-9-22)17-5-2-4-16(21)12-17;/h2-7,12-13,18,24H,8-11,14-15H2,1H3;1H. The Hall–Kier alpha value is -1.66. The van der Waals surface area contributed by atoms with Gasteiger partial charge in [-0.2, -0.15) is 0 Å². The summed E-state index contributed by atoms with van der Waals surface area (Å²) in [6, 6.07) is 15.4. The van der Waals surface area contributed by atoms with Crippen LogP contribution in [0.1, 0.15) is 0 Å². The number of β-amino-alcohol motifs (C(OH)–C–C–N with tert-alkyl or cyclic N) is 1. The minimum absolute atomic E-state index is 0. The minimum Gasteiger partial charge on any atom is -0.497 e. The lowest BCUT2D eigenvalue weighted by molar-refractivity contribution is 0.0662. The first kappa shape index (κ1) is 21.6. The molecule has 1 unspecified atom stereocenters. The van der Waals surface area contributed by atoms with Crippen molar-refractivity contribution in [2.24, 2.45) is 0 Å². The van der Waals surface area contributed by atoms with Crippen molar-refractivity contribution >= 4 is 29.7 Å². The van der Waals surface area contributed by atoms with Crippen LogP contribution in [0.15, 0.2) is 48.5 Å². The van der Waals surface area contributed by atoms with Crippen molar-refractivity contribution in [1.29, 1.82) is 0 Å². The van der Waals surface area contributed by atoms with Crippen LogP contribution in [0.25, 0.3) is 0 Å². The molecule has 1 atom stereocenters. The number of piperazine rings is 1. The molecule has 2 aromatic carbocycles. The maximum absolute atomic E-state index is 10.3. The van der Waals surface area contributed by atoms with Crippen LogP contribution in [0.4, 0.5) is 5.69 Å². The summed E-state index contributed by atoms with van der Waals surface area (Å²) in [5, 5.41) is 11.0. The van der Waals surface area contributed by atoms with Gasteiger partial charge in [-0.15, -0.1) is 12.4 Å². The highest BCUT2D eigenvalue weighted by molar-refractivity contribution is 6.30. The van der Waals surface area contributed by atoms with Gasteiger partial charge in [0.05, 0.1) is 7.11 Å². The molecule has 2 aromatic rings. The Balaban J connectivity index is 0.00000261. The molecule has 1 N–H and O–H groups in total. The van der Waals surface area contributed by atoms with E-state index in [-0.39, 0.29) is 19.0 Å². The summed E-state index contributed by atoms with van der Waals surface area (Å²) in [5.74, 6) is 1.45. The van der Waals surface area contributed by atoms with E-state index in [9.17, 15) is 5.11 Å². The van der Waals surface area contributed by atoms with Gasteiger partial charge in [0.2, 0.25) is 0 Å². The van der Waals surface area contributed by atoms with Gasteiger partial charge in [0.25, 0.3) is 0 Å². The molecular formula is C20H26Cl2N2O3. The number of anilines is 1. The van der Waals surface area contributed by atoms with Crippen molar-refractivity contribution in [2.45, 2.75) is 6.10 Å². The van der Waals surface area contributed by atoms with Crippen molar-refractivity contribution in [3.63, 3.8) is 0 Å². The predicted molar refractivity (Wildman–Crippen MR) is 112 cm³/mol. The van der Waals surface area contributed by atoms with Gasteiger partial charge in [-0.1, -0.05) is 23.7 Å². The van der Waals surface area contributed by atoms with E-state index in [1.54, 1.807) is 7.11 Å². The normalized spacial score (nSPS) is 15.7. The number of aliphatic hydroxyl groups excluding tert-OH is 1. The Kier molecular flexibility index (Phi) is 8.51. The van der Waals surface area contributed by atoms with Gasteiger partial charge in [0.15, 0.2) is 0 Å². The number of benzene rings is 2. The number of nitrogens with zero attached hydrogens (tertiary/aromatic N) is 2. The van der Waals surface area contributed by atoms with Crippen LogP contribution in [-0.4, -0.2) is 62.6 Å². The van der Waals surface area contributed by atoms with Gasteiger partial charge in [-0.25, -0.2) is 0 Å². The Morgan fingerprint density at radius 1 is 1.04 bits per heavy atom. The largest absolute Gasteiger partial charge is 0.497 e. The molecule has 0 saturated carbocycles. The van der Waals surface area contributed by atoms with Gasteiger partial charge in [-0.05, 0) is 30.3 Å². The van der Waals surface area contributed by atoms with E-state index in [0.29, 0.717) is 12.3 Å². The van der Waals surface area contributed by atoms with E-state index in [1.165, 1.54) is 0 Å². The number of ether oxygens (including phenoxy) is 2. The Labute approximate surface area is 171 Å². The topological polar surface area (TPSA) is 45.2 Å². The van der Waals surface area contributed by atoms with Crippen LogP contribution < -0.4 is 14.4 Å². The van der Waals surface area contributed by atoms with Gasteiger partial charge in [0, 0.05) is 49.5 Å². The maximum Gasteiger partial charge on any atom is 0.123 e. The average molecular weight is 413 g/mol. The van der Waals surface area contributed by atoms with Gasteiger partial charge in [0.1, 0.15) is 24.2 Å². The van der Waals surface area contributed by atoms with Gasteiger partial charge in [-0.3, -0.25) is 4.90 Å². The number of hydrogen-bond donors (Lipinski definition) is 1. The van der Waals surface area contributed by atoms with Crippen molar-refractivity contribution < 1.29 is 14.6 Å². The molecule has 148 valence electrons. The fraction of sp³-hybridized carbons (Fsp3) is 0.400. The van der Waals surface area contributed by atoms with Gasteiger partial charge < -0.3 is 19.5 Å². The Bertz CT molecular complexity index is 709. The second-order valence-corrected chi connectivity index (χ2v) is 6.85. The van der Waals surface area contributed by atoms with Crippen molar-refractivity contribution in [2.75, 3.05) is 51.3 Å². The second-order valence-electron chi connectivity index (χ2n) is 6.41. The summed E-state index contributed by atoms with van der Waals surface area (Å²) < 4.78 is 10.8. The zero-order chi connectivity index (χ0) is 18.4. The first-order valence-electron chi connectivity index (χ1n) is 8.82. The third kappa shape index (κ3) is 6.47. The molecule has 5 nitrogen and oxygen atoms in total. The zero-order valence-electron chi connectivity index (χ0n) is 15.4. The smallest absolute Gasteiger partial charge is 0.123 e. The summed E-state index contributed by atoms with van der Waals surface area (Å²) >= 11 is 6.07. The first-order chi connectivity index (χ1) is 12.6. The van der Waals surface area contributed by atoms with Crippen molar-refractivity contribution in [3.8, 4) is 11.5 Å². The molecule has 1 saturated heterocycles. The zero-order valence-corrected chi connectivity index (χ0v) is 17.0. The predicted octanol–water partition coefficient (Wildman–Crippen LogP) is 3.33. The molecule has 1 heterocycles. The Morgan fingerprint density at radius 2 is 1.74 bits per heavy atom. The van der Waals surface area contributed by atoms with Crippen molar-refractivity contribution in [1.82, 2.24) is 4.90 Å². The van der Waals surface area contributed by atoms with Gasteiger partial charge >= 0.3 is 0 Å². The molecule has 0 aliphatic carbocycles. The number of methoxy groups -OCH3 is 1. The van der Waals surface area contributed by atoms with E-state index < -0.39 is 6.10 Å². The summed E-state index contributed by atoms with van der Waals surface area (Å²) in [6.45, 7) is 4.52. The van der Waals surface area contributed by atoms with E-state index in [0.717, 1.165) is 42.6 Å². The summed E-state index contributed by atoms with van der Waals surface area (Å²) in [5.41, 5.74) is 1.15. The van der Waals surface area contributed by atoms with Crippen LogP contribution in [-0.2, 0) is 0 Å². The Morgan fingerprint density at radius 3 is 2.44 bits per heavy atom. The fourth-order valence-electron chi connectivity index (χ4n) is 3.10. The van der Waals surface area contributed by atoms with Crippen LogP contribution in [0.3, 0.4) is 0 Å². The number of rotatable bonds is 7. The fourth-order valence-corrected chi connectivity index (χ4v) is 3.28. The van der Waals surface area contributed by atoms with E-state index >= 15 is 0 Å². The van der Waals surface area contributed by atoms with Crippen LogP contribution in [0, 0.1) is 0 Å².